The maximum Gasteiger partial charge on any atom is 0.342 e. The number of carboxylic acid groups (broad SMARTS) is 1. The third-order valence-electron chi connectivity index (χ3n) is 6.60. The second-order valence-electron chi connectivity index (χ2n) is 8.77. The molecule has 0 unspecified atom stereocenters. The Labute approximate surface area is 209 Å². The molecule has 0 radical (unpaired) electrons. The van der Waals surface area contributed by atoms with Gasteiger partial charge in [0.1, 0.15) is 24.4 Å². The van der Waals surface area contributed by atoms with Gasteiger partial charge in [0.25, 0.3) is 5.56 Å². The summed E-state index contributed by atoms with van der Waals surface area (Å²) in [5.74, 6) is 0.884. The Hall–Kier alpha value is -4.92. The highest BCUT2D eigenvalue weighted by Gasteiger charge is 2.28. The molecule has 2 aromatic heterocycles. The first-order chi connectivity index (χ1) is 18.1. The normalized spacial score (nSPS) is 13.8. The van der Waals surface area contributed by atoms with Gasteiger partial charge in [-0.15, -0.1) is 0 Å². The Morgan fingerprint density at radius 2 is 1.59 bits per heavy atom. The monoisotopic (exact) mass is 497 g/mol. The van der Waals surface area contributed by atoms with Crippen molar-refractivity contribution >= 4 is 28.0 Å². The van der Waals surface area contributed by atoms with E-state index in [0.717, 1.165) is 5.56 Å². The number of aromatic nitrogens is 1. The fraction of sp³-hybridized carbons (Fsp3) is 0.143. The summed E-state index contributed by atoms with van der Waals surface area (Å²) in [5.41, 5.74) is 1.75. The summed E-state index contributed by atoms with van der Waals surface area (Å²) in [7, 11) is 0. The van der Waals surface area contributed by atoms with Gasteiger partial charge < -0.3 is 28.5 Å². The van der Waals surface area contributed by atoms with Gasteiger partial charge in [-0.1, -0.05) is 24.3 Å². The van der Waals surface area contributed by atoms with Gasteiger partial charge in [-0.2, -0.15) is 0 Å². The van der Waals surface area contributed by atoms with Gasteiger partial charge in [-0.25, -0.2) is 4.79 Å². The van der Waals surface area contributed by atoms with E-state index in [2.05, 4.69) is 0 Å². The molecule has 184 valence electrons. The van der Waals surface area contributed by atoms with Crippen LogP contribution in [0.2, 0.25) is 0 Å². The highest BCUT2D eigenvalue weighted by Crippen LogP contribution is 2.41. The van der Waals surface area contributed by atoms with Crippen molar-refractivity contribution in [2.24, 2.45) is 0 Å². The number of rotatable bonds is 4. The van der Waals surface area contributed by atoms with Gasteiger partial charge in [-0.3, -0.25) is 9.36 Å². The smallest absolute Gasteiger partial charge is 0.342 e. The van der Waals surface area contributed by atoms with Crippen LogP contribution in [0.3, 0.4) is 0 Å². The van der Waals surface area contributed by atoms with Crippen LogP contribution in [0.15, 0.2) is 69.9 Å². The summed E-state index contributed by atoms with van der Waals surface area (Å²) < 4.78 is 29.9. The molecule has 4 heterocycles. The lowest BCUT2D eigenvalue weighted by atomic mass is 9.98. The van der Waals surface area contributed by atoms with E-state index in [0.29, 0.717) is 63.8 Å². The van der Waals surface area contributed by atoms with Crippen molar-refractivity contribution in [2.75, 3.05) is 20.0 Å². The summed E-state index contributed by atoms with van der Waals surface area (Å²) in [5, 5.41) is 11.0. The lowest BCUT2D eigenvalue weighted by molar-refractivity contribution is 0.0695. The summed E-state index contributed by atoms with van der Waals surface area (Å²) in [6, 6.07) is 17.8. The van der Waals surface area contributed by atoms with E-state index < -0.39 is 11.5 Å². The molecule has 0 saturated carbocycles. The molecule has 9 nitrogen and oxygen atoms in total. The summed E-state index contributed by atoms with van der Waals surface area (Å²) >= 11 is 0. The van der Waals surface area contributed by atoms with E-state index in [-0.39, 0.29) is 24.5 Å². The maximum atomic E-state index is 13.9. The van der Waals surface area contributed by atoms with Crippen molar-refractivity contribution in [2.45, 2.75) is 6.54 Å². The fourth-order valence-electron chi connectivity index (χ4n) is 4.97. The standard InChI is InChI=1S/C28H19NO8/c30-27-24(28(31)32)23(16-6-8-19-22(12-16)34-10-9-33-19)26-25(17-3-1-2-4-18(17)37-26)29(27)13-15-5-7-20-21(11-15)36-14-35-20/h1-8,11-12H,9-10,13-14H2,(H,31,32). The number of hydrogen-bond acceptors (Lipinski definition) is 7. The van der Waals surface area contributed by atoms with Crippen LogP contribution in [-0.2, 0) is 6.54 Å². The maximum absolute atomic E-state index is 13.9. The third kappa shape index (κ3) is 3.31. The number of furan rings is 1. The minimum absolute atomic E-state index is 0.108. The van der Waals surface area contributed by atoms with Crippen LogP contribution in [0, 0.1) is 0 Å². The van der Waals surface area contributed by atoms with Crippen molar-refractivity contribution in [3.05, 3.63) is 82.1 Å². The first kappa shape index (κ1) is 21.4. The zero-order valence-electron chi connectivity index (χ0n) is 19.4. The number of hydrogen-bond donors (Lipinski definition) is 1. The Balaban J connectivity index is 1.53. The van der Waals surface area contributed by atoms with Crippen LogP contribution in [0.4, 0.5) is 0 Å². The van der Waals surface area contributed by atoms with Crippen LogP contribution in [0.5, 0.6) is 23.0 Å². The van der Waals surface area contributed by atoms with E-state index in [4.69, 9.17) is 23.4 Å². The van der Waals surface area contributed by atoms with E-state index in [1.807, 2.05) is 24.3 Å². The van der Waals surface area contributed by atoms with E-state index in [1.54, 1.807) is 36.4 Å². The summed E-state index contributed by atoms with van der Waals surface area (Å²) in [4.78, 5) is 26.5. The van der Waals surface area contributed by atoms with Gasteiger partial charge in [0.2, 0.25) is 6.79 Å². The van der Waals surface area contributed by atoms with Crippen molar-refractivity contribution in [1.82, 2.24) is 4.57 Å². The van der Waals surface area contributed by atoms with Crippen molar-refractivity contribution in [3.63, 3.8) is 0 Å². The second kappa shape index (κ2) is 8.06. The highest BCUT2D eigenvalue weighted by molar-refractivity contribution is 6.12. The second-order valence-corrected chi connectivity index (χ2v) is 8.77. The molecule has 0 saturated heterocycles. The predicted octanol–water partition coefficient (Wildman–Crippen LogP) is 4.66. The molecule has 7 rings (SSSR count). The van der Waals surface area contributed by atoms with E-state index >= 15 is 0 Å². The molecule has 37 heavy (non-hydrogen) atoms. The average Bonchev–Trinajstić information content (AvgIpc) is 3.54. The number of fused-ring (bicyclic) bond motifs is 5. The third-order valence-corrected chi connectivity index (χ3v) is 6.60. The molecule has 0 bridgehead atoms. The zero-order valence-corrected chi connectivity index (χ0v) is 19.4. The topological polar surface area (TPSA) is 109 Å². The molecule has 2 aliphatic heterocycles. The molecule has 0 atom stereocenters. The molecule has 9 heteroatoms. The van der Waals surface area contributed by atoms with Gasteiger partial charge in [0.05, 0.1) is 12.1 Å². The molecular formula is C28H19NO8. The molecule has 5 aromatic rings. The molecule has 2 aliphatic rings. The summed E-state index contributed by atoms with van der Waals surface area (Å²) in [6.45, 7) is 1.04. The molecular weight excluding hydrogens is 478 g/mol. The zero-order chi connectivity index (χ0) is 25.1. The van der Waals surface area contributed by atoms with Crippen LogP contribution in [-0.4, -0.2) is 35.6 Å². The van der Waals surface area contributed by atoms with Crippen LogP contribution < -0.4 is 24.5 Å². The SMILES string of the molecule is O=C(O)c1c(-c2ccc3c(c2)OCCO3)c2oc3ccccc3c2n(Cc2ccc3c(c2)OCO3)c1=O. The number of benzene rings is 3. The van der Waals surface area contributed by atoms with Gasteiger partial charge in [0, 0.05) is 10.9 Å². The Morgan fingerprint density at radius 1 is 0.865 bits per heavy atom. The molecule has 0 aliphatic carbocycles. The largest absolute Gasteiger partial charge is 0.486 e. The highest BCUT2D eigenvalue weighted by atomic mass is 16.7. The average molecular weight is 497 g/mol. The number of para-hydroxylation sites is 1. The van der Waals surface area contributed by atoms with Gasteiger partial charge in [0.15, 0.2) is 28.6 Å². The fourth-order valence-corrected chi connectivity index (χ4v) is 4.97. The molecule has 3 aromatic carbocycles. The number of nitrogens with zero attached hydrogens (tertiary/aromatic N) is 1. The molecule has 1 N–H and O–H groups in total. The van der Waals surface area contributed by atoms with Gasteiger partial charge >= 0.3 is 5.97 Å². The Bertz CT molecular complexity index is 1800. The Kier molecular flexibility index (Phi) is 4.65. The lowest BCUT2D eigenvalue weighted by Gasteiger charge is -2.19. The number of ether oxygens (including phenoxy) is 4. The summed E-state index contributed by atoms with van der Waals surface area (Å²) in [6.07, 6.45) is 0. The Morgan fingerprint density at radius 3 is 2.46 bits per heavy atom. The van der Waals surface area contributed by atoms with Crippen molar-refractivity contribution < 1.29 is 33.3 Å². The van der Waals surface area contributed by atoms with Crippen molar-refractivity contribution in [1.29, 1.82) is 0 Å². The van der Waals surface area contributed by atoms with Crippen LogP contribution in [0.1, 0.15) is 15.9 Å². The van der Waals surface area contributed by atoms with Crippen LogP contribution >= 0.6 is 0 Å². The number of pyridine rings is 1. The van der Waals surface area contributed by atoms with Gasteiger partial charge in [-0.05, 0) is 47.5 Å². The molecule has 0 spiro atoms. The minimum atomic E-state index is -1.35. The first-order valence-electron chi connectivity index (χ1n) is 11.7. The quantitative estimate of drug-likeness (QED) is 0.382. The van der Waals surface area contributed by atoms with E-state index in [1.165, 1.54) is 4.57 Å². The van der Waals surface area contributed by atoms with Crippen LogP contribution in [0.25, 0.3) is 33.2 Å². The number of carboxylic acids is 1. The van der Waals surface area contributed by atoms with Crippen molar-refractivity contribution in [3.8, 4) is 34.1 Å². The first-order valence-corrected chi connectivity index (χ1v) is 11.7. The lowest BCUT2D eigenvalue weighted by Crippen LogP contribution is -2.28. The number of aromatic carboxylic acids is 1. The number of carbonyl (C=O) groups is 1. The molecule has 0 amide bonds. The predicted molar refractivity (Wildman–Crippen MR) is 133 cm³/mol. The van der Waals surface area contributed by atoms with E-state index in [9.17, 15) is 14.7 Å². The molecule has 0 fully saturated rings. The minimum Gasteiger partial charge on any atom is -0.486 e.